The van der Waals surface area contributed by atoms with Gasteiger partial charge in [0.2, 0.25) is 0 Å². The Morgan fingerprint density at radius 2 is 2.16 bits per heavy atom. The molecule has 2 N–H and O–H groups in total. The Morgan fingerprint density at radius 3 is 2.68 bits per heavy atom. The highest BCUT2D eigenvalue weighted by Gasteiger charge is 2.29. The number of carboxylic acids is 1. The highest BCUT2D eigenvalue weighted by molar-refractivity contribution is 5.86. The maximum absolute atomic E-state index is 12.0. The monoisotopic (exact) mass is 272 g/mol. The Morgan fingerprint density at radius 1 is 1.47 bits per heavy atom. The van der Waals surface area contributed by atoms with Crippen LogP contribution in [0.4, 0.5) is 0 Å². The number of ether oxygens (including phenoxy) is 1. The molecule has 1 aliphatic rings. The Balaban J connectivity index is 2.53. The predicted molar refractivity (Wildman–Crippen MR) is 70.9 cm³/mol. The quantitative estimate of drug-likeness (QED) is 0.728. The number of carbonyl (C=O) groups is 2. The lowest BCUT2D eigenvalue weighted by molar-refractivity contribution is -0.147. The van der Waals surface area contributed by atoms with Crippen molar-refractivity contribution in [2.75, 3.05) is 26.2 Å². The number of nitrogens with one attached hydrogen (secondary N) is 1. The molecule has 0 spiro atoms. The third kappa shape index (κ3) is 5.16. The van der Waals surface area contributed by atoms with Crippen LogP contribution in [0.25, 0.3) is 0 Å². The molecule has 6 nitrogen and oxygen atoms in total. The number of hydrogen-bond acceptors (Lipinski definition) is 4. The van der Waals surface area contributed by atoms with Crippen molar-refractivity contribution in [1.82, 2.24) is 10.2 Å². The van der Waals surface area contributed by atoms with Crippen LogP contribution in [0.1, 0.15) is 27.2 Å². The van der Waals surface area contributed by atoms with E-state index in [2.05, 4.69) is 10.2 Å². The number of carboxylic acid groups (broad SMARTS) is 1. The minimum absolute atomic E-state index is 0.209. The number of amides is 1. The topological polar surface area (TPSA) is 78.9 Å². The summed E-state index contributed by atoms with van der Waals surface area (Å²) >= 11 is 0. The van der Waals surface area contributed by atoms with Gasteiger partial charge in [-0.3, -0.25) is 9.69 Å². The number of likely N-dealkylation sites (N-methyl/N-ethyl adjacent to an activating group) is 1. The minimum atomic E-state index is -0.995. The molecule has 0 aromatic heterocycles. The summed E-state index contributed by atoms with van der Waals surface area (Å²) < 4.78 is 5.41. The van der Waals surface area contributed by atoms with E-state index in [1.165, 1.54) is 0 Å². The van der Waals surface area contributed by atoms with Crippen LogP contribution in [-0.4, -0.2) is 60.3 Å². The lowest BCUT2D eigenvalue weighted by atomic mass is 10.0. The fraction of sp³-hybridized carbons (Fsp3) is 0.846. The molecule has 1 fully saturated rings. The van der Waals surface area contributed by atoms with Crippen LogP contribution < -0.4 is 5.32 Å². The second-order valence-electron chi connectivity index (χ2n) is 5.28. The van der Waals surface area contributed by atoms with Crippen molar-refractivity contribution in [3.63, 3.8) is 0 Å². The summed E-state index contributed by atoms with van der Waals surface area (Å²) in [6, 6.07) is -0.840. The van der Waals surface area contributed by atoms with Crippen molar-refractivity contribution in [3.05, 3.63) is 0 Å². The number of hydrogen-bond donors (Lipinski definition) is 2. The molecule has 0 unspecified atom stereocenters. The fourth-order valence-corrected chi connectivity index (χ4v) is 2.11. The van der Waals surface area contributed by atoms with Gasteiger partial charge in [0.05, 0.1) is 6.61 Å². The van der Waals surface area contributed by atoms with Crippen LogP contribution in [-0.2, 0) is 14.3 Å². The van der Waals surface area contributed by atoms with Crippen LogP contribution in [0, 0.1) is 5.92 Å². The van der Waals surface area contributed by atoms with Crippen molar-refractivity contribution in [2.24, 2.45) is 5.92 Å². The maximum Gasteiger partial charge on any atom is 0.326 e. The normalized spacial score (nSPS) is 22.2. The van der Waals surface area contributed by atoms with Crippen LogP contribution in [0.2, 0.25) is 0 Å². The van der Waals surface area contributed by atoms with E-state index in [4.69, 9.17) is 9.84 Å². The number of rotatable bonds is 6. The molecule has 0 radical (unpaired) electrons. The molecule has 6 heteroatoms. The van der Waals surface area contributed by atoms with Gasteiger partial charge >= 0.3 is 5.97 Å². The SMILES string of the molecule is CCN1CCO[C@@H](C(=O)N[C@H](CC(C)C)C(=O)O)C1. The van der Waals surface area contributed by atoms with Crippen LogP contribution >= 0.6 is 0 Å². The molecule has 1 saturated heterocycles. The molecule has 0 aromatic carbocycles. The molecular formula is C13H24N2O4. The molecule has 1 aliphatic heterocycles. The Kier molecular flexibility index (Phi) is 6.24. The molecular weight excluding hydrogens is 248 g/mol. The van der Waals surface area contributed by atoms with Gasteiger partial charge in [-0.25, -0.2) is 4.79 Å². The Bertz CT molecular complexity index is 320. The van der Waals surface area contributed by atoms with E-state index in [0.717, 1.165) is 13.1 Å². The number of carbonyl (C=O) groups excluding carboxylic acids is 1. The standard InChI is InChI=1S/C13H24N2O4/c1-4-15-5-6-19-11(8-15)12(16)14-10(13(17)18)7-9(2)3/h9-11H,4-8H2,1-3H3,(H,14,16)(H,17,18)/t10-,11-/m1/s1. The van der Waals surface area contributed by atoms with Crippen molar-refractivity contribution in [1.29, 1.82) is 0 Å². The summed E-state index contributed by atoms with van der Waals surface area (Å²) in [6.45, 7) is 8.59. The summed E-state index contributed by atoms with van der Waals surface area (Å²) in [6.07, 6.45) is -0.145. The van der Waals surface area contributed by atoms with Gasteiger partial charge in [0, 0.05) is 13.1 Å². The lowest BCUT2D eigenvalue weighted by Crippen LogP contribution is -2.53. The van der Waals surface area contributed by atoms with Crippen molar-refractivity contribution in [2.45, 2.75) is 39.3 Å². The van der Waals surface area contributed by atoms with Gasteiger partial charge in [-0.2, -0.15) is 0 Å². The van der Waals surface area contributed by atoms with E-state index in [9.17, 15) is 9.59 Å². The number of nitrogens with zero attached hydrogens (tertiary/aromatic N) is 1. The molecule has 0 bridgehead atoms. The zero-order valence-electron chi connectivity index (χ0n) is 11.9. The van der Waals surface area contributed by atoms with E-state index in [0.29, 0.717) is 19.6 Å². The summed E-state index contributed by atoms with van der Waals surface area (Å²) in [5.41, 5.74) is 0. The average molecular weight is 272 g/mol. The Hall–Kier alpha value is -1.14. The van der Waals surface area contributed by atoms with Crippen molar-refractivity contribution in [3.8, 4) is 0 Å². The molecule has 0 aromatic rings. The first-order valence-electron chi connectivity index (χ1n) is 6.81. The summed E-state index contributed by atoms with van der Waals surface area (Å²) in [4.78, 5) is 25.3. The maximum atomic E-state index is 12.0. The lowest BCUT2D eigenvalue weighted by Gasteiger charge is -2.31. The van der Waals surface area contributed by atoms with Gasteiger partial charge in [0.15, 0.2) is 0 Å². The highest BCUT2D eigenvalue weighted by Crippen LogP contribution is 2.08. The molecule has 1 rings (SSSR count). The number of morpholine rings is 1. The van der Waals surface area contributed by atoms with Crippen LogP contribution in [0.5, 0.6) is 0 Å². The second-order valence-corrected chi connectivity index (χ2v) is 5.28. The second kappa shape index (κ2) is 7.45. The summed E-state index contributed by atoms with van der Waals surface area (Å²) in [5, 5.41) is 11.7. The molecule has 2 atom stereocenters. The average Bonchev–Trinajstić information content (AvgIpc) is 2.37. The van der Waals surface area contributed by atoms with Gasteiger partial charge in [-0.15, -0.1) is 0 Å². The summed E-state index contributed by atoms with van der Waals surface area (Å²) in [7, 11) is 0. The van der Waals surface area contributed by atoms with Gasteiger partial charge < -0.3 is 15.2 Å². The zero-order valence-corrected chi connectivity index (χ0v) is 11.9. The largest absolute Gasteiger partial charge is 0.480 e. The molecule has 0 saturated carbocycles. The van der Waals surface area contributed by atoms with Gasteiger partial charge in [-0.05, 0) is 18.9 Å². The first kappa shape index (κ1) is 15.9. The smallest absolute Gasteiger partial charge is 0.326 e. The van der Waals surface area contributed by atoms with Gasteiger partial charge in [-0.1, -0.05) is 20.8 Å². The first-order chi connectivity index (χ1) is 8.93. The van der Waals surface area contributed by atoms with Crippen LogP contribution in [0.15, 0.2) is 0 Å². The molecule has 110 valence electrons. The minimum Gasteiger partial charge on any atom is -0.480 e. The fourth-order valence-electron chi connectivity index (χ4n) is 2.11. The van der Waals surface area contributed by atoms with Gasteiger partial charge in [0.25, 0.3) is 5.91 Å². The van der Waals surface area contributed by atoms with E-state index in [1.807, 2.05) is 20.8 Å². The summed E-state index contributed by atoms with van der Waals surface area (Å²) in [5.74, 6) is -1.11. The molecule has 1 heterocycles. The molecule has 0 aliphatic carbocycles. The third-order valence-corrected chi connectivity index (χ3v) is 3.21. The van der Waals surface area contributed by atoms with E-state index >= 15 is 0 Å². The predicted octanol–water partition coefficient (Wildman–Crippen LogP) is 0.323. The highest BCUT2D eigenvalue weighted by atomic mass is 16.5. The van der Waals surface area contributed by atoms with E-state index in [1.54, 1.807) is 0 Å². The van der Waals surface area contributed by atoms with Crippen molar-refractivity contribution >= 4 is 11.9 Å². The van der Waals surface area contributed by atoms with E-state index < -0.39 is 18.1 Å². The zero-order chi connectivity index (χ0) is 14.4. The van der Waals surface area contributed by atoms with Crippen LogP contribution in [0.3, 0.4) is 0 Å². The van der Waals surface area contributed by atoms with Crippen molar-refractivity contribution < 1.29 is 19.4 Å². The molecule has 1 amide bonds. The first-order valence-corrected chi connectivity index (χ1v) is 6.81. The van der Waals surface area contributed by atoms with Gasteiger partial charge in [0.1, 0.15) is 12.1 Å². The number of aliphatic carboxylic acids is 1. The third-order valence-electron chi connectivity index (χ3n) is 3.21. The van der Waals surface area contributed by atoms with E-state index in [-0.39, 0.29) is 11.8 Å². The Labute approximate surface area is 114 Å². The molecule has 19 heavy (non-hydrogen) atoms.